The highest BCUT2D eigenvalue weighted by atomic mass is 16.7. The van der Waals surface area contributed by atoms with Crippen molar-refractivity contribution in [3.63, 3.8) is 0 Å². The molecule has 7 rings (SSSR count). The molecule has 0 spiro atoms. The number of benzene rings is 6. The monoisotopic (exact) mass is 1380 g/mol. The van der Waals surface area contributed by atoms with Gasteiger partial charge in [-0.25, -0.2) is 0 Å². The molecule has 1 aliphatic rings. The quantitative estimate of drug-likeness (QED) is 0.0408. The predicted octanol–water partition coefficient (Wildman–Crippen LogP) is 26.4. The molecule has 10 nitrogen and oxygen atoms in total. The van der Waals surface area contributed by atoms with Crippen LogP contribution in [0.2, 0.25) is 0 Å². The van der Waals surface area contributed by atoms with Gasteiger partial charge in [-0.3, -0.25) is 0 Å². The van der Waals surface area contributed by atoms with Gasteiger partial charge in [0.2, 0.25) is 18.4 Å². The van der Waals surface area contributed by atoms with Gasteiger partial charge in [0.15, 0.2) is 6.29 Å². The van der Waals surface area contributed by atoms with Gasteiger partial charge in [0.05, 0.1) is 18.8 Å². The van der Waals surface area contributed by atoms with E-state index in [1.807, 2.05) is 81.4 Å². The van der Waals surface area contributed by atoms with E-state index >= 15 is 0 Å². The molecule has 9 atom stereocenters. The van der Waals surface area contributed by atoms with Gasteiger partial charge in [0.25, 0.3) is 0 Å². The van der Waals surface area contributed by atoms with Crippen LogP contribution in [0.1, 0.15) is 319 Å². The first-order valence-corrected chi connectivity index (χ1v) is 38.5. The molecule has 2 N–H and O–H groups in total. The minimum Gasteiger partial charge on any atom is -0.508 e. The fourth-order valence-corrected chi connectivity index (χ4v) is 10.8. The van der Waals surface area contributed by atoms with E-state index in [9.17, 15) is 0 Å². The highest BCUT2D eigenvalue weighted by Crippen LogP contribution is 2.32. The number of hydrogen-bond donors (Lipinski definition) is 2. The van der Waals surface area contributed by atoms with Gasteiger partial charge in [-0.2, -0.15) is 0 Å². The number of hydrogen-bond acceptors (Lipinski definition) is 10. The number of rotatable bonds is 31. The van der Waals surface area contributed by atoms with Crippen molar-refractivity contribution in [2.75, 3.05) is 13.7 Å². The van der Waals surface area contributed by atoms with Gasteiger partial charge in [-0.1, -0.05) is 237 Å². The van der Waals surface area contributed by atoms with E-state index in [1.165, 1.54) is 71.9 Å². The molecule has 0 heterocycles. The van der Waals surface area contributed by atoms with Crippen molar-refractivity contribution in [3.05, 3.63) is 179 Å². The minimum atomic E-state index is -0.589. The van der Waals surface area contributed by atoms with Crippen LogP contribution >= 0.6 is 0 Å². The van der Waals surface area contributed by atoms with E-state index in [1.54, 1.807) is 31.4 Å². The van der Waals surface area contributed by atoms with Crippen LogP contribution in [0.5, 0.6) is 34.5 Å². The van der Waals surface area contributed by atoms with Gasteiger partial charge < -0.3 is 48.1 Å². The van der Waals surface area contributed by atoms with Crippen molar-refractivity contribution >= 4 is 0 Å². The Balaban J connectivity index is 0.000000414. The third-order valence-corrected chi connectivity index (χ3v) is 18.9. The lowest BCUT2D eigenvalue weighted by Gasteiger charge is -2.30. The standard InChI is InChI=1S/C20H32O2.C18H30O2.2C16H26O2.2C10H14O/c1-5-16(4)17-11-13-19(14-12-17)22-20(15(2)3)21-18-9-7-6-8-10-18;1-7-14(4)15-10-12-17(13-11-15)20-18(5,6)19-16(8-2)9-3;1-7-12(2)13-8-10-14(11-9-13)18-15(17-6)16(3,4)5;1-6-13(4)15-7-9-16(10-8-15)18-14(5)17-11-12(2)3;2*1-3-8(2)9-4-6-10(11)7-5-9/h11-16,18,20H,5-10H2,1-4H3;10-14,16H,7-9H2,1-6H3;8-12,15H,7H2,1-6H3;7-10,12-14H,6,11H2,1-5H3;2*4-8,11H,3H2,1-2H3. The third kappa shape index (κ3) is 36.2. The summed E-state index contributed by atoms with van der Waals surface area (Å²) in [6.45, 7) is 52.4. The SMILES string of the molecule is CCC(C)c1ccc(O)cc1.CCC(C)c1ccc(O)cc1.CCC(C)c1ccc(OC(C)OCC(C)C)cc1.CCC(C)c1ccc(OC(OC)C(C)(C)C)cc1.CCC(C)c1ccc(OC(OC2CCCCC2)C(C)C)cc1.CCC(CC)OC(C)(C)Oc1ccc(C(C)CC)cc1. The second-order valence-electron chi connectivity index (χ2n) is 30.0. The van der Waals surface area contributed by atoms with E-state index in [0.717, 1.165) is 74.6 Å². The molecular weight excluding hydrogens is 1240 g/mol. The Morgan fingerprint density at radius 2 is 0.700 bits per heavy atom. The number of ether oxygens (including phenoxy) is 8. The molecule has 100 heavy (non-hydrogen) atoms. The maximum atomic E-state index is 9.01. The smallest absolute Gasteiger partial charge is 0.205 e. The Hall–Kier alpha value is -6.04. The van der Waals surface area contributed by atoms with E-state index < -0.39 is 5.79 Å². The van der Waals surface area contributed by atoms with Crippen LogP contribution in [0.3, 0.4) is 0 Å². The van der Waals surface area contributed by atoms with Crippen molar-refractivity contribution in [3.8, 4) is 34.5 Å². The van der Waals surface area contributed by atoms with Crippen molar-refractivity contribution in [1.82, 2.24) is 0 Å². The van der Waals surface area contributed by atoms with E-state index in [0.29, 0.717) is 64.9 Å². The Bertz CT molecular complexity index is 2890. The summed E-state index contributed by atoms with van der Waals surface area (Å²) in [4.78, 5) is 0. The van der Waals surface area contributed by atoms with Crippen LogP contribution in [0.25, 0.3) is 0 Å². The molecule has 6 aromatic rings. The molecule has 9 unspecified atom stereocenters. The molecule has 1 aliphatic carbocycles. The topological polar surface area (TPSA) is 114 Å². The maximum Gasteiger partial charge on any atom is 0.205 e. The molecule has 0 amide bonds. The highest BCUT2D eigenvalue weighted by Gasteiger charge is 2.28. The fraction of sp³-hybridized carbons (Fsp3) is 0.600. The second-order valence-corrected chi connectivity index (χ2v) is 30.0. The Kier molecular flexibility index (Phi) is 43.9. The molecule has 6 aromatic carbocycles. The third-order valence-electron chi connectivity index (χ3n) is 18.9. The average Bonchev–Trinajstić information content (AvgIpc) is 0.888. The summed E-state index contributed by atoms with van der Waals surface area (Å²) < 4.78 is 46.9. The number of aromatic hydroxyl groups is 2. The van der Waals surface area contributed by atoms with Gasteiger partial charge in [0, 0.05) is 32.3 Å². The second kappa shape index (κ2) is 48.8. The highest BCUT2D eigenvalue weighted by molar-refractivity contribution is 5.33. The summed E-state index contributed by atoms with van der Waals surface area (Å²) in [5.41, 5.74) is 8.01. The molecule has 1 fully saturated rings. The van der Waals surface area contributed by atoms with E-state index in [4.69, 9.17) is 48.1 Å². The Morgan fingerprint density at radius 1 is 0.390 bits per heavy atom. The minimum absolute atomic E-state index is 0.0376. The normalized spacial score (nSPS) is 15.1. The van der Waals surface area contributed by atoms with Crippen molar-refractivity contribution in [2.24, 2.45) is 17.3 Å². The Labute approximate surface area is 611 Å². The summed E-state index contributed by atoms with van der Waals surface area (Å²) in [6.07, 6.45) is 15.3. The van der Waals surface area contributed by atoms with Crippen LogP contribution < -0.4 is 18.9 Å². The molecule has 0 saturated heterocycles. The fourth-order valence-electron chi connectivity index (χ4n) is 10.8. The molecule has 0 aliphatic heterocycles. The van der Waals surface area contributed by atoms with Gasteiger partial charge in [-0.15, -0.1) is 0 Å². The largest absolute Gasteiger partial charge is 0.508 e. The van der Waals surface area contributed by atoms with E-state index in [2.05, 4.69) is 206 Å². The first-order chi connectivity index (χ1) is 47.4. The zero-order valence-electron chi connectivity index (χ0n) is 67.4. The lowest BCUT2D eigenvalue weighted by atomic mass is 9.96. The van der Waals surface area contributed by atoms with Gasteiger partial charge in [0.1, 0.15) is 34.5 Å². The van der Waals surface area contributed by atoms with Crippen LogP contribution in [-0.2, 0) is 18.9 Å². The van der Waals surface area contributed by atoms with Crippen molar-refractivity contribution in [2.45, 2.75) is 322 Å². The van der Waals surface area contributed by atoms with Crippen molar-refractivity contribution in [1.29, 1.82) is 0 Å². The van der Waals surface area contributed by atoms with Gasteiger partial charge >= 0.3 is 0 Å². The lowest BCUT2D eigenvalue weighted by molar-refractivity contribution is -0.188. The summed E-state index contributed by atoms with van der Waals surface area (Å²) in [5.74, 6) is 8.10. The maximum absolute atomic E-state index is 9.01. The average molecular weight is 1380 g/mol. The van der Waals surface area contributed by atoms with Crippen LogP contribution in [0.4, 0.5) is 0 Å². The molecule has 1 saturated carbocycles. The van der Waals surface area contributed by atoms with E-state index in [-0.39, 0.29) is 30.4 Å². The zero-order valence-corrected chi connectivity index (χ0v) is 67.4. The Morgan fingerprint density at radius 3 is 0.990 bits per heavy atom. The van der Waals surface area contributed by atoms with Gasteiger partial charge in [-0.05, 0) is 219 Å². The first-order valence-electron chi connectivity index (χ1n) is 38.5. The molecule has 0 radical (unpaired) electrons. The molecule has 0 bridgehead atoms. The summed E-state index contributed by atoms with van der Waals surface area (Å²) in [5, 5.41) is 18.0. The predicted molar refractivity (Wildman–Crippen MR) is 423 cm³/mol. The van der Waals surface area contributed by atoms with Crippen molar-refractivity contribution < 1.29 is 48.1 Å². The number of phenolic OH excluding ortho intramolecular Hbond substituents is 2. The molecule has 10 heteroatoms. The molecule has 0 aromatic heterocycles. The number of phenols is 2. The zero-order chi connectivity index (χ0) is 75.0. The molecular formula is C90H142O10. The molecule has 562 valence electrons. The van der Waals surface area contributed by atoms with Crippen LogP contribution in [0.15, 0.2) is 146 Å². The summed E-state index contributed by atoms with van der Waals surface area (Å²) >= 11 is 0. The first kappa shape index (κ1) is 90.0. The van der Waals surface area contributed by atoms with Crippen LogP contribution in [0, 0.1) is 17.3 Å². The lowest BCUT2D eigenvalue weighted by Crippen LogP contribution is -2.36. The van der Waals surface area contributed by atoms with Crippen LogP contribution in [-0.4, -0.2) is 60.8 Å². The summed E-state index contributed by atoms with van der Waals surface area (Å²) in [6, 6.07) is 48.4. The summed E-state index contributed by atoms with van der Waals surface area (Å²) in [7, 11) is 1.68. The number of methoxy groups -OCH3 is 1.